The number of nitrogens with zero attached hydrogens (tertiary/aromatic N) is 4. The zero-order valence-corrected chi connectivity index (χ0v) is 33.7. The molecule has 2 aromatic heterocycles. The Hall–Kier alpha value is -8.28. The first-order chi connectivity index (χ1) is 30.8. The molecule has 1 aliphatic rings. The molecule has 1 unspecified atom stereocenters. The summed E-state index contributed by atoms with van der Waals surface area (Å²) < 4.78 is 4.85. The number of aromatic nitrogens is 2. The summed E-state index contributed by atoms with van der Waals surface area (Å²) in [6, 6.07) is 79.9. The van der Waals surface area contributed by atoms with Gasteiger partial charge in [-0.05, 0) is 64.7 Å². The molecule has 5 heteroatoms. The summed E-state index contributed by atoms with van der Waals surface area (Å²) in [7, 11) is 0. The monoisotopic (exact) mass is 793 g/mol. The Morgan fingerprint density at radius 3 is 1.65 bits per heavy atom. The standard InChI is InChI=1S/C57H39N5/c1-5-19-38(20-6-1)41-35-36-46-52(37-41)62(49-32-16-14-28-47(49)57-59-55(39-21-7-2-8-22-39)58-56(60-57)40-23-9-3-10-24-40)51-34-18-30-44(54(46)51)43-29-17-33-50-53(43)45-27-13-15-31-48(45)61(50)42-25-11-4-12-26-42/h1-37,57H,(H,58,59,60). The Balaban J connectivity index is 1.13. The molecule has 0 fully saturated rings. The van der Waals surface area contributed by atoms with Crippen LogP contribution in [0.4, 0.5) is 0 Å². The highest BCUT2D eigenvalue weighted by molar-refractivity contribution is 6.22. The van der Waals surface area contributed by atoms with E-state index in [2.05, 4.69) is 215 Å². The van der Waals surface area contributed by atoms with Crippen molar-refractivity contribution in [1.82, 2.24) is 14.5 Å². The van der Waals surface area contributed by atoms with Crippen LogP contribution in [-0.2, 0) is 0 Å². The van der Waals surface area contributed by atoms with Crippen molar-refractivity contribution in [3.63, 3.8) is 0 Å². The normalized spacial score (nSPS) is 14.0. The van der Waals surface area contributed by atoms with Crippen molar-refractivity contribution in [3.05, 3.63) is 241 Å². The van der Waals surface area contributed by atoms with Gasteiger partial charge in [-0.3, -0.25) is 0 Å². The number of rotatable bonds is 7. The third-order valence-electron chi connectivity index (χ3n) is 12.2. The maximum atomic E-state index is 5.35. The number of nitrogens with one attached hydrogen (secondary N) is 1. The molecule has 1 N–H and O–H groups in total. The van der Waals surface area contributed by atoms with Crippen molar-refractivity contribution in [2.45, 2.75) is 6.17 Å². The zero-order valence-electron chi connectivity index (χ0n) is 33.7. The lowest BCUT2D eigenvalue weighted by atomic mass is 9.95. The number of aliphatic imine (C=N–C) groups is 2. The molecular formula is C57H39N5. The smallest absolute Gasteiger partial charge is 0.159 e. The van der Waals surface area contributed by atoms with E-state index in [0.29, 0.717) is 5.84 Å². The van der Waals surface area contributed by atoms with E-state index in [1.54, 1.807) is 0 Å². The quantitative estimate of drug-likeness (QED) is 0.172. The third-order valence-corrected chi connectivity index (χ3v) is 12.2. The second-order valence-corrected chi connectivity index (χ2v) is 15.8. The Bertz CT molecular complexity index is 3530. The van der Waals surface area contributed by atoms with Crippen molar-refractivity contribution in [3.8, 4) is 33.6 Å². The minimum Gasteiger partial charge on any atom is -0.344 e. The molecule has 12 rings (SSSR count). The van der Waals surface area contributed by atoms with Crippen LogP contribution < -0.4 is 5.32 Å². The SMILES string of the molecule is c1ccc(C2=NC(c3ccccc3-n3c4cc(-c5ccccc5)ccc4c4c(-c5cccc6c5c5ccccc5n6-c5ccccc5)cccc43)NC(c3ccccc3)=N2)cc1. The van der Waals surface area contributed by atoms with Gasteiger partial charge >= 0.3 is 0 Å². The first-order valence-corrected chi connectivity index (χ1v) is 21.1. The highest BCUT2D eigenvalue weighted by atomic mass is 15.2. The van der Waals surface area contributed by atoms with E-state index in [4.69, 9.17) is 9.98 Å². The van der Waals surface area contributed by atoms with E-state index in [9.17, 15) is 0 Å². The summed E-state index contributed by atoms with van der Waals surface area (Å²) in [6.07, 6.45) is -0.417. The van der Waals surface area contributed by atoms with Gasteiger partial charge in [0.2, 0.25) is 0 Å². The highest BCUT2D eigenvalue weighted by Crippen LogP contribution is 2.45. The average Bonchev–Trinajstić information content (AvgIpc) is 3.88. The predicted molar refractivity (Wildman–Crippen MR) is 258 cm³/mol. The number of benzene rings is 9. The first-order valence-electron chi connectivity index (χ1n) is 21.1. The fourth-order valence-corrected chi connectivity index (χ4v) is 9.45. The van der Waals surface area contributed by atoms with E-state index in [1.165, 1.54) is 49.3 Å². The van der Waals surface area contributed by atoms with Crippen LogP contribution in [0, 0.1) is 0 Å². The van der Waals surface area contributed by atoms with Gasteiger partial charge in [0, 0.05) is 43.9 Å². The lowest BCUT2D eigenvalue weighted by Gasteiger charge is -2.26. The molecule has 0 saturated heterocycles. The minimum absolute atomic E-state index is 0.417. The number of hydrogen-bond acceptors (Lipinski definition) is 3. The van der Waals surface area contributed by atoms with Crippen LogP contribution in [-0.4, -0.2) is 20.8 Å². The van der Waals surface area contributed by atoms with Gasteiger partial charge in [-0.15, -0.1) is 0 Å². The van der Waals surface area contributed by atoms with E-state index in [1.807, 2.05) is 24.3 Å². The van der Waals surface area contributed by atoms with Crippen LogP contribution in [0.3, 0.4) is 0 Å². The zero-order chi connectivity index (χ0) is 41.0. The van der Waals surface area contributed by atoms with Gasteiger partial charge in [0.15, 0.2) is 5.84 Å². The minimum atomic E-state index is -0.417. The molecule has 0 aliphatic carbocycles. The van der Waals surface area contributed by atoms with Crippen LogP contribution in [0.15, 0.2) is 234 Å². The van der Waals surface area contributed by atoms with Gasteiger partial charge in [-0.2, -0.15) is 0 Å². The Labute approximate surface area is 359 Å². The molecule has 0 bridgehead atoms. The number of hydrogen-bond donors (Lipinski definition) is 1. The van der Waals surface area contributed by atoms with E-state index in [-0.39, 0.29) is 0 Å². The molecule has 0 amide bonds. The van der Waals surface area contributed by atoms with Crippen molar-refractivity contribution in [2.75, 3.05) is 0 Å². The number of para-hydroxylation sites is 3. The van der Waals surface area contributed by atoms with E-state index < -0.39 is 6.17 Å². The predicted octanol–water partition coefficient (Wildman–Crippen LogP) is 13.7. The summed E-state index contributed by atoms with van der Waals surface area (Å²) in [4.78, 5) is 10.4. The molecule has 3 heterocycles. The third kappa shape index (κ3) is 5.86. The van der Waals surface area contributed by atoms with Crippen LogP contribution in [0.5, 0.6) is 0 Å². The van der Waals surface area contributed by atoms with E-state index in [0.717, 1.165) is 50.5 Å². The summed E-state index contributed by atoms with van der Waals surface area (Å²) >= 11 is 0. The summed E-state index contributed by atoms with van der Waals surface area (Å²) in [6.45, 7) is 0. The van der Waals surface area contributed by atoms with Gasteiger partial charge in [0.05, 0.1) is 27.8 Å². The topological polar surface area (TPSA) is 46.6 Å². The van der Waals surface area contributed by atoms with Crippen LogP contribution in [0.1, 0.15) is 22.9 Å². The molecule has 1 aliphatic heterocycles. The number of amidine groups is 2. The molecular weight excluding hydrogens is 755 g/mol. The van der Waals surface area contributed by atoms with Crippen molar-refractivity contribution < 1.29 is 0 Å². The molecule has 0 radical (unpaired) electrons. The maximum absolute atomic E-state index is 5.35. The number of fused-ring (bicyclic) bond motifs is 6. The molecule has 9 aromatic carbocycles. The average molecular weight is 794 g/mol. The molecule has 0 saturated carbocycles. The maximum Gasteiger partial charge on any atom is 0.159 e. The summed E-state index contributed by atoms with van der Waals surface area (Å²) in [5, 5.41) is 8.62. The lowest BCUT2D eigenvalue weighted by molar-refractivity contribution is 0.670. The Morgan fingerprint density at radius 2 is 0.935 bits per heavy atom. The largest absolute Gasteiger partial charge is 0.344 e. The molecule has 5 nitrogen and oxygen atoms in total. The first kappa shape index (κ1) is 35.6. The molecule has 1 atom stereocenters. The lowest BCUT2D eigenvalue weighted by Crippen LogP contribution is -2.34. The Kier molecular flexibility index (Phi) is 8.49. The van der Waals surface area contributed by atoms with Gasteiger partial charge in [-0.25, -0.2) is 9.98 Å². The Morgan fingerprint density at radius 1 is 0.387 bits per heavy atom. The molecule has 62 heavy (non-hydrogen) atoms. The summed E-state index contributed by atoms with van der Waals surface area (Å²) in [5.74, 6) is 1.49. The highest BCUT2D eigenvalue weighted by Gasteiger charge is 2.26. The second kappa shape index (κ2) is 14.8. The fraction of sp³-hybridized carbons (Fsp3) is 0.0175. The van der Waals surface area contributed by atoms with Gasteiger partial charge in [0.25, 0.3) is 0 Å². The van der Waals surface area contributed by atoms with Gasteiger partial charge in [-0.1, -0.05) is 182 Å². The van der Waals surface area contributed by atoms with Gasteiger partial charge in [0.1, 0.15) is 12.0 Å². The van der Waals surface area contributed by atoms with Crippen LogP contribution in [0.25, 0.3) is 77.2 Å². The molecule has 11 aromatic rings. The van der Waals surface area contributed by atoms with Gasteiger partial charge < -0.3 is 14.5 Å². The van der Waals surface area contributed by atoms with Crippen molar-refractivity contribution in [2.24, 2.45) is 9.98 Å². The second-order valence-electron chi connectivity index (χ2n) is 15.8. The van der Waals surface area contributed by atoms with Crippen LogP contribution in [0.2, 0.25) is 0 Å². The van der Waals surface area contributed by atoms with E-state index >= 15 is 0 Å². The van der Waals surface area contributed by atoms with Crippen LogP contribution >= 0.6 is 0 Å². The fourth-order valence-electron chi connectivity index (χ4n) is 9.45. The van der Waals surface area contributed by atoms with Crippen molar-refractivity contribution in [1.29, 1.82) is 0 Å². The van der Waals surface area contributed by atoms with Crippen molar-refractivity contribution >= 4 is 55.3 Å². The molecule has 292 valence electrons. The molecule has 0 spiro atoms. The summed E-state index contributed by atoms with van der Waals surface area (Å²) in [5.41, 5.74) is 14.6.